The summed E-state index contributed by atoms with van der Waals surface area (Å²) in [5.41, 5.74) is 2.55. The predicted octanol–water partition coefficient (Wildman–Crippen LogP) is 5.53. The van der Waals surface area contributed by atoms with Crippen molar-refractivity contribution in [1.82, 2.24) is 5.32 Å². The van der Waals surface area contributed by atoms with Crippen molar-refractivity contribution in [1.29, 1.82) is 0 Å². The number of rotatable bonds is 7. The fourth-order valence-corrected chi connectivity index (χ4v) is 4.18. The Bertz CT molecular complexity index is 696. The van der Waals surface area contributed by atoms with Crippen molar-refractivity contribution in [3.8, 4) is 0 Å². The van der Waals surface area contributed by atoms with Gasteiger partial charge in [0.15, 0.2) is 0 Å². The van der Waals surface area contributed by atoms with Gasteiger partial charge < -0.3 is 5.32 Å². The summed E-state index contributed by atoms with van der Waals surface area (Å²) in [7, 11) is 0. The Morgan fingerprint density at radius 3 is 2.40 bits per heavy atom. The van der Waals surface area contributed by atoms with Crippen molar-refractivity contribution < 1.29 is 4.79 Å². The standard InChI is InChI=1S/C22H25NOS/c24-22(23-17-16-18-10-4-1-5-11-18)21(19-12-6-2-7-13-19)25-20-14-8-3-9-15-20/h2-3,6-10,12-15,21H,1,4-5,11,16-17H2,(H,23,24)/t21-/m1/s1. The van der Waals surface area contributed by atoms with E-state index in [0.29, 0.717) is 0 Å². The molecule has 130 valence electrons. The number of carbonyl (C=O) groups excluding carboxylic acids is 1. The molecule has 2 aromatic rings. The number of hydrogen-bond acceptors (Lipinski definition) is 2. The molecule has 0 fully saturated rings. The third-order valence-corrected chi connectivity index (χ3v) is 5.73. The van der Waals surface area contributed by atoms with Crippen LogP contribution in [0.4, 0.5) is 0 Å². The fourth-order valence-electron chi connectivity index (χ4n) is 3.11. The maximum absolute atomic E-state index is 12.8. The Hall–Kier alpha value is -2.00. The summed E-state index contributed by atoms with van der Waals surface area (Å²) in [6.07, 6.45) is 8.30. The first kappa shape index (κ1) is 17.8. The minimum Gasteiger partial charge on any atom is -0.355 e. The van der Waals surface area contributed by atoms with Crippen LogP contribution in [0.25, 0.3) is 0 Å². The van der Waals surface area contributed by atoms with Gasteiger partial charge in [-0.3, -0.25) is 4.79 Å². The van der Waals surface area contributed by atoms with Crippen LogP contribution < -0.4 is 5.32 Å². The molecule has 2 nitrogen and oxygen atoms in total. The monoisotopic (exact) mass is 351 g/mol. The van der Waals surface area contributed by atoms with E-state index < -0.39 is 0 Å². The SMILES string of the molecule is O=C(NCCC1=CCCCC1)[C@H](Sc1ccccc1)c1ccccc1. The van der Waals surface area contributed by atoms with E-state index in [1.807, 2.05) is 48.5 Å². The van der Waals surface area contributed by atoms with Crippen molar-refractivity contribution in [2.45, 2.75) is 42.2 Å². The van der Waals surface area contributed by atoms with Crippen LogP contribution in [0.1, 0.15) is 42.9 Å². The van der Waals surface area contributed by atoms with Crippen LogP contribution in [0.5, 0.6) is 0 Å². The van der Waals surface area contributed by atoms with Gasteiger partial charge in [0.05, 0.1) is 0 Å². The summed E-state index contributed by atoms with van der Waals surface area (Å²) < 4.78 is 0. The highest BCUT2D eigenvalue weighted by molar-refractivity contribution is 8.00. The van der Waals surface area contributed by atoms with Gasteiger partial charge in [-0.15, -0.1) is 11.8 Å². The summed E-state index contributed by atoms with van der Waals surface area (Å²) in [4.78, 5) is 14.0. The highest BCUT2D eigenvalue weighted by atomic mass is 32.2. The van der Waals surface area contributed by atoms with E-state index in [9.17, 15) is 4.79 Å². The van der Waals surface area contributed by atoms with Crippen molar-refractivity contribution in [2.75, 3.05) is 6.54 Å². The molecule has 0 spiro atoms. The Kier molecular flexibility index (Phi) is 6.75. The van der Waals surface area contributed by atoms with Crippen molar-refractivity contribution >= 4 is 17.7 Å². The number of nitrogens with one attached hydrogen (secondary N) is 1. The Balaban J connectivity index is 1.63. The molecule has 0 radical (unpaired) electrons. The van der Waals surface area contributed by atoms with E-state index in [4.69, 9.17) is 0 Å². The first-order chi connectivity index (χ1) is 12.3. The average molecular weight is 352 g/mol. The molecule has 0 heterocycles. The molecule has 0 bridgehead atoms. The topological polar surface area (TPSA) is 29.1 Å². The molecule has 0 unspecified atom stereocenters. The lowest BCUT2D eigenvalue weighted by Crippen LogP contribution is -2.29. The summed E-state index contributed by atoms with van der Waals surface area (Å²) in [6, 6.07) is 20.2. The Labute approximate surface area is 154 Å². The fraction of sp³-hybridized carbons (Fsp3) is 0.318. The van der Waals surface area contributed by atoms with Gasteiger partial charge in [0.2, 0.25) is 5.91 Å². The summed E-state index contributed by atoms with van der Waals surface area (Å²) in [6.45, 7) is 0.726. The average Bonchev–Trinajstić information content (AvgIpc) is 2.68. The second-order valence-electron chi connectivity index (χ2n) is 6.37. The first-order valence-corrected chi connectivity index (χ1v) is 9.93. The van der Waals surface area contributed by atoms with Gasteiger partial charge in [-0.1, -0.05) is 60.2 Å². The van der Waals surface area contributed by atoms with Gasteiger partial charge in [-0.2, -0.15) is 0 Å². The maximum atomic E-state index is 12.8. The van der Waals surface area contributed by atoms with E-state index in [0.717, 1.165) is 23.4 Å². The van der Waals surface area contributed by atoms with Gasteiger partial charge in [-0.05, 0) is 49.8 Å². The lowest BCUT2D eigenvalue weighted by molar-refractivity contribution is -0.120. The van der Waals surface area contributed by atoms with Crippen LogP contribution >= 0.6 is 11.8 Å². The minimum atomic E-state index is -0.219. The molecule has 0 saturated carbocycles. The number of hydrogen-bond donors (Lipinski definition) is 1. The molecule has 1 N–H and O–H groups in total. The summed E-state index contributed by atoms with van der Waals surface area (Å²) in [5.74, 6) is 0.0939. The molecule has 2 aromatic carbocycles. The largest absolute Gasteiger partial charge is 0.355 e. The third kappa shape index (κ3) is 5.50. The molecule has 1 amide bonds. The maximum Gasteiger partial charge on any atom is 0.238 e. The highest BCUT2D eigenvalue weighted by Gasteiger charge is 2.21. The number of carbonyl (C=O) groups is 1. The highest BCUT2D eigenvalue weighted by Crippen LogP contribution is 2.35. The summed E-state index contributed by atoms with van der Waals surface area (Å²) >= 11 is 1.61. The van der Waals surface area contributed by atoms with E-state index in [2.05, 4.69) is 23.5 Å². The number of allylic oxidation sites excluding steroid dienone is 1. The zero-order valence-corrected chi connectivity index (χ0v) is 15.3. The van der Waals surface area contributed by atoms with Gasteiger partial charge >= 0.3 is 0 Å². The van der Waals surface area contributed by atoms with Crippen LogP contribution in [-0.4, -0.2) is 12.5 Å². The van der Waals surface area contributed by atoms with E-state index in [1.54, 1.807) is 11.8 Å². The smallest absolute Gasteiger partial charge is 0.238 e. The lowest BCUT2D eigenvalue weighted by atomic mass is 9.97. The molecular formula is C22H25NOS. The summed E-state index contributed by atoms with van der Waals surface area (Å²) in [5, 5.41) is 2.93. The number of amides is 1. The second-order valence-corrected chi connectivity index (χ2v) is 7.55. The Morgan fingerprint density at radius 2 is 1.72 bits per heavy atom. The van der Waals surface area contributed by atoms with Crippen LogP contribution in [0.2, 0.25) is 0 Å². The number of benzene rings is 2. The number of thioether (sulfide) groups is 1. The van der Waals surface area contributed by atoms with Crippen LogP contribution in [0.15, 0.2) is 77.2 Å². The van der Waals surface area contributed by atoms with Crippen LogP contribution in [0.3, 0.4) is 0 Å². The molecule has 0 aliphatic heterocycles. The molecule has 3 rings (SSSR count). The molecule has 25 heavy (non-hydrogen) atoms. The normalized spacial score (nSPS) is 15.3. The molecule has 1 aliphatic carbocycles. The van der Waals surface area contributed by atoms with Crippen molar-refractivity contribution in [3.63, 3.8) is 0 Å². The molecule has 3 heteroatoms. The van der Waals surface area contributed by atoms with Crippen molar-refractivity contribution in [3.05, 3.63) is 77.9 Å². The van der Waals surface area contributed by atoms with E-state index >= 15 is 0 Å². The van der Waals surface area contributed by atoms with E-state index in [-0.39, 0.29) is 11.2 Å². The molecular weight excluding hydrogens is 326 g/mol. The zero-order chi connectivity index (χ0) is 17.3. The molecule has 0 saturated heterocycles. The van der Waals surface area contributed by atoms with Crippen LogP contribution in [0, 0.1) is 0 Å². The predicted molar refractivity (Wildman–Crippen MR) is 106 cm³/mol. The molecule has 1 atom stereocenters. The van der Waals surface area contributed by atoms with Gasteiger partial charge in [0.1, 0.15) is 5.25 Å². The molecule has 1 aliphatic rings. The minimum absolute atomic E-state index is 0.0939. The third-order valence-electron chi connectivity index (χ3n) is 4.47. The first-order valence-electron chi connectivity index (χ1n) is 9.05. The quantitative estimate of drug-likeness (QED) is 0.525. The van der Waals surface area contributed by atoms with Gasteiger partial charge in [-0.25, -0.2) is 0 Å². The van der Waals surface area contributed by atoms with E-state index in [1.165, 1.54) is 31.3 Å². The molecule has 0 aromatic heterocycles. The lowest BCUT2D eigenvalue weighted by Gasteiger charge is -2.18. The zero-order valence-electron chi connectivity index (χ0n) is 14.5. The van der Waals surface area contributed by atoms with Gasteiger partial charge in [0, 0.05) is 11.4 Å². The Morgan fingerprint density at radius 1 is 1.00 bits per heavy atom. The van der Waals surface area contributed by atoms with Crippen molar-refractivity contribution in [2.24, 2.45) is 0 Å². The van der Waals surface area contributed by atoms with Crippen LogP contribution in [-0.2, 0) is 4.79 Å². The second kappa shape index (κ2) is 9.47. The van der Waals surface area contributed by atoms with Gasteiger partial charge in [0.25, 0.3) is 0 Å².